The molecule has 3 fully saturated rings. The summed E-state index contributed by atoms with van der Waals surface area (Å²) in [5.41, 5.74) is 2.59. The van der Waals surface area contributed by atoms with Gasteiger partial charge in [0.25, 0.3) is 0 Å². The first-order valence-corrected chi connectivity index (χ1v) is 14.5. The summed E-state index contributed by atoms with van der Waals surface area (Å²) in [7, 11) is 0.586. The molecule has 0 amide bonds. The van der Waals surface area contributed by atoms with Crippen molar-refractivity contribution in [3.05, 3.63) is 11.6 Å². The summed E-state index contributed by atoms with van der Waals surface area (Å²) in [5.74, 6) is 6.01. The number of halogens is 1. The van der Waals surface area contributed by atoms with Crippen molar-refractivity contribution >= 4 is 10.9 Å². The van der Waals surface area contributed by atoms with Crippen LogP contribution in [0.2, 0.25) is 0 Å². The zero-order valence-corrected chi connectivity index (χ0v) is 23.4. The number of allylic oxidation sites excluding steroid dienone is 1. The number of hydrogen-bond donors (Lipinski definition) is 1. The molecule has 0 aromatic heterocycles. The Morgan fingerprint density at radius 1 is 1.07 bits per heavy atom. The molecular weight excluding hydrogens is 499 g/mol. The Morgan fingerprint density at radius 3 is 2.50 bits per heavy atom. The van der Waals surface area contributed by atoms with Gasteiger partial charge >= 0.3 is 0 Å². The highest BCUT2D eigenvalue weighted by atomic mass is 127. The number of aliphatic hydroxyl groups is 1. The number of hydrogen-bond acceptors (Lipinski definition) is 1. The lowest BCUT2D eigenvalue weighted by Gasteiger charge is -2.58. The lowest BCUT2D eigenvalue weighted by Crippen LogP contribution is -3.00. The van der Waals surface area contributed by atoms with E-state index in [9.17, 15) is 5.11 Å². The highest BCUT2D eigenvalue weighted by Gasteiger charge is 2.59. The molecule has 0 aliphatic heterocycles. The van der Waals surface area contributed by atoms with Crippen LogP contribution in [0, 0.1) is 40.4 Å². The van der Waals surface area contributed by atoms with E-state index in [1.165, 1.54) is 50.7 Å². The van der Waals surface area contributed by atoms with Crippen LogP contribution in [0.15, 0.2) is 11.6 Å². The molecule has 174 valence electrons. The standard InChI is InChI=1S/C27H47OS.HI/c1-18(2)29(6)16-13-19(3)23-9-10-24-22-8-7-20-17-21(28)11-14-26(20,4)25(22)12-15-27(23,24)5;/h7,18-19,21-25,28H,8-17H2,1-6H3;1H/q+1;/p-1/t19-,21?,22?,23?,24?,25?,26?,27?,29?;/m1./s1. The van der Waals surface area contributed by atoms with E-state index >= 15 is 0 Å². The maximum Gasteiger partial charge on any atom is 0.112 e. The van der Waals surface area contributed by atoms with Crippen molar-refractivity contribution in [2.75, 3.05) is 12.0 Å². The summed E-state index contributed by atoms with van der Waals surface area (Å²) in [4.78, 5) is 0. The lowest BCUT2D eigenvalue weighted by atomic mass is 9.47. The molecule has 0 bridgehead atoms. The van der Waals surface area contributed by atoms with E-state index in [1.807, 2.05) is 0 Å². The van der Waals surface area contributed by atoms with Crippen LogP contribution < -0.4 is 24.0 Å². The van der Waals surface area contributed by atoms with Crippen LogP contribution in [0.4, 0.5) is 0 Å². The molecule has 0 heterocycles. The van der Waals surface area contributed by atoms with Gasteiger partial charge in [-0.25, -0.2) is 0 Å². The van der Waals surface area contributed by atoms with Crippen molar-refractivity contribution in [3.63, 3.8) is 0 Å². The van der Waals surface area contributed by atoms with Gasteiger partial charge in [0.1, 0.15) is 11.0 Å². The maximum atomic E-state index is 10.2. The zero-order valence-electron chi connectivity index (χ0n) is 20.4. The van der Waals surface area contributed by atoms with E-state index < -0.39 is 0 Å². The van der Waals surface area contributed by atoms with E-state index in [4.69, 9.17) is 0 Å². The van der Waals surface area contributed by atoms with Crippen molar-refractivity contribution in [2.45, 2.75) is 104 Å². The average molecular weight is 547 g/mol. The summed E-state index contributed by atoms with van der Waals surface area (Å²) in [6.07, 6.45) is 16.8. The molecule has 4 aliphatic rings. The van der Waals surface area contributed by atoms with Gasteiger partial charge in [-0.3, -0.25) is 0 Å². The average Bonchev–Trinajstić information content (AvgIpc) is 3.03. The van der Waals surface area contributed by atoms with Crippen molar-refractivity contribution in [1.29, 1.82) is 0 Å². The molecule has 0 saturated heterocycles. The van der Waals surface area contributed by atoms with Gasteiger partial charge in [0.15, 0.2) is 0 Å². The van der Waals surface area contributed by atoms with Crippen LogP contribution >= 0.6 is 0 Å². The zero-order chi connectivity index (χ0) is 21.0. The molecule has 0 aromatic rings. The van der Waals surface area contributed by atoms with Crippen LogP contribution in [-0.4, -0.2) is 28.5 Å². The Morgan fingerprint density at radius 2 is 1.80 bits per heavy atom. The number of fused-ring (bicyclic) bond motifs is 5. The Hall–Kier alpha value is 0.780. The molecule has 4 aliphatic carbocycles. The van der Waals surface area contributed by atoms with Crippen LogP contribution in [0.5, 0.6) is 0 Å². The quantitative estimate of drug-likeness (QED) is 0.318. The molecule has 1 nitrogen and oxygen atoms in total. The van der Waals surface area contributed by atoms with E-state index in [-0.39, 0.29) is 30.1 Å². The van der Waals surface area contributed by atoms with Crippen LogP contribution in [0.25, 0.3) is 0 Å². The highest BCUT2D eigenvalue weighted by molar-refractivity contribution is 7.96. The van der Waals surface area contributed by atoms with Gasteiger partial charge in [-0.2, -0.15) is 0 Å². The van der Waals surface area contributed by atoms with Crippen molar-refractivity contribution in [2.24, 2.45) is 40.4 Å². The summed E-state index contributed by atoms with van der Waals surface area (Å²) in [6.45, 7) is 12.6. The third kappa shape index (κ3) is 4.31. The van der Waals surface area contributed by atoms with Gasteiger partial charge in [-0.1, -0.05) is 32.4 Å². The first-order valence-electron chi connectivity index (χ1n) is 12.7. The summed E-state index contributed by atoms with van der Waals surface area (Å²) < 4.78 is 0. The molecule has 9 atom stereocenters. The summed E-state index contributed by atoms with van der Waals surface area (Å²) >= 11 is 0. The highest BCUT2D eigenvalue weighted by Crippen LogP contribution is 2.67. The van der Waals surface area contributed by atoms with E-state index in [0.29, 0.717) is 21.7 Å². The van der Waals surface area contributed by atoms with E-state index in [2.05, 4.69) is 47.0 Å². The minimum Gasteiger partial charge on any atom is -1.00 e. The molecule has 8 unspecified atom stereocenters. The van der Waals surface area contributed by atoms with E-state index in [1.54, 1.807) is 5.57 Å². The van der Waals surface area contributed by atoms with Crippen molar-refractivity contribution < 1.29 is 29.1 Å². The smallest absolute Gasteiger partial charge is 0.112 e. The second kappa shape index (κ2) is 9.57. The number of aliphatic hydroxyl groups excluding tert-OH is 1. The topological polar surface area (TPSA) is 20.2 Å². The predicted molar refractivity (Wildman–Crippen MR) is 128 cm³/mol. The predicted octanol–water partition coefficient (Wildman–Crippen LogP) is 3.61. The molecule has 3 saturated carbocycles. The second-order valence-corrected chi connectivity index (χ2v) is 14.8. The Bertz CT molecular complexity index is 632. The normalized spacial score (nSPS) is 44.9. The monoisotopic (exact) mass is 546 g/mol. The minimum atomic E-state index is -0.0783. The third-order valence-corrected chi connectivity index (χ3v) is 13.0. The Kier molecular flexibility index (Phi) is 8.10. The van der Waals surface area contributed by atoms with Crippen LogP contribution in [0.3, 0.4) is 0 Å². The van der Waals surface area contributed by atoms with Crippen LogP contribution in [-0.2, 0) is 10.9 Å². The van der Waals surface area contributed by atoms with Crippen LogP contribution in [0.1, 0.15) is 92.4 Å². The minimum absolute atomic E-state index is 0. The van der Waals surface area contributed by atoms with Crippen molar-refractivity contribution in [1.82, 2.24) is 0 Å². The second-order valence-electron chi connectivity index (χ2n) is 12.1. The fourth-order valence-corrected chi connectivity index (χ4v) is 9.64. The number of rotatable bonds is 5. The van der Waals surface area contributed by atoms with Gasteiger partial charge in [-0.05, 0) is 123 Å². The first kappa shape index (κ1) is 25.4. The van der Waals surface area contributed by atoms with Crippen molar-refractivity contribution in [3.8, 4) is 0 Å². The molecule has 4 rings (SSSR count). The van der Waals surface area contributed by atoms with Gasteiger partial charge < -0.3 is 29.1 Å². The fraction of sp³-hybridized carbons (Fsp3) is 0.926. The summed E-state index contributed by atoms with van der Waals surface area (Å²) in [6, 6.07) is 0. The molecule has 0 aromatic carbocycles. The van der Waals surface area contributed by atoms with Gasteiger partial charge in [0.05, 0.1) is 12.4 Å². The molecule has 1 N–H and O–H groups in total. The molecule has 30 heavy (non-hydrogen) atoms. The van der Waals surface area contributed by atoms with Gasteiger partial charge in [0, 0.05) is 0 Å². The molecule has 3 heteroatoms. The Labute approximate surface area is 207 Å². The lowest BCUT2D eigenvalue weighted by molar-refractivity contribution is -0.0568. The SMILES string of the molecule is CC(C)[S+](C)CC[C@@H](C)C1CCC2C3CC=C4CC(O)CCC4(C)C3CCC21C.[I-]. The largest absolute Gasteiger partial charge is 1.00 e. The molecule has 0 spiro atoms. The molecule has 0 radical (unpaired) electrons. The van der Waals surface area contributed by atoms with Gasteiger partial charge in [-0.15, -0.1) is 0 Å². The first-order chi connectivity index (χ1) is 13.7. The molecular formula is C27H47IOS. The Balaban J connectivity index is 0.00000256. The van der Waals surface area contributed by atoms with E-state index in [0.717, 1.165) is 47.7 Å². The third-order valence-electron chi connectivity index (χ3n) is 10.5. The fourth-order valence-electron chi connectivity index (χ4n) is 8.43. The maximum absolute atomic E-state index is 10.2. The summed E-state index contributed by atoms with van der Waals surface area (Å²) in [5, 5.41) is 11.1. The van der Waals surface area contributed by atoms with Gasteiger partial charge in [0.2, 0.25) is 0 Å².